The molecule has 3 aromatic rings. The van der Waals surface area contributed by atoms with Crippen LogP contribution >= 0.6 is 0 Å². The van der Waals surface area contributed by atoms with E-state index in [4.69, 9.17) is 14.0 Å². The van der Waals surface area contributed by atoms with Crippen LogP contribution in [0.15, 0.2) is 53.1 Å². The van der Waals surface area contributed by atoms with Crippen LogP contribution in [0.4, 0.5) is 10.1 Å². The van der Waals surface area contributed by atoms with Gasteiger partial charge in [-0.15, -0.1) is 0 Å². The average molecular weight is 396 g/mol. The van der Waals surface area contributed by atoms with Crippen LogP contribution in [-0.2, 0) is 11.4 Å². The molecule has 0 aliphatic heterocycles. The number of para-hydroxylation sites is 1. The smallest absolute Gasteiger partial charge is 0.248 e. The summed E-state index contributed by atoms with van der Waals surface area (Å²) in [7, 11) is 1.54. The molecule has 1 amide bonds. The molecule has 6 nitrogen and oxygen atoms in total. The van der Waals surface area contributed by atoms with Crippen molar-refractivity contribution in [3.05, 3.63) is 76.9 Å². The maximum Gasteiger partial charge on any atom is 0.248 e. The maximum atomic E-state index is 13.6. The minimum absolute atomic E-state index is 0.128. The van der Waals surface area contributed by atoms with Crippen molar-refractivity contribution in [3.63, 3.8) is 0 Å². The molecule has 0 bridgehead atoms. The molecule has 7 heteroatoms. The topological polar surface area (TPSA) is 73.6 Å². The summed E-state index contributed by atoms with van der Waals surface area (Å²) in [6.07, 6.45) is 2.93. The second kappa shape index (κ2) is 9.05. The molecule has 0 fully saturated rings. The van der Waals surface area contributed by atoms with Crippen molar-refractivity contribution in [3.8, 4) is 11.5 Å². The number of nitrogens with zero attached hydrogens (tertiary/aromatic N) is 1. The highest BCUT2D eigenvalue weighted by Gasteiger charge is 2.12. The van der Waals surface area contributed by atoms with Gasteiger partial charge in [-0.25, -0.2) is 4.39 Å². The van der Waals surface area contributed by atoms with Gasteiger partial charge in [0.25, 0.3) is 0 Å². The third-order valence-corrected chi connectivity index (χ3v) is 4.30. The Kier molecular flexibility index (Phi) is 6.29. The molecule has 2 aromatic carbocycles. The highest BCUT2D eigenvalue weighted by atomic mass is 19.1. The Morgan fingerprint density at radius 1 is 1.21 bits per heavy atom. The first-order valence-corrected chi connectivity index (χ1v) is 8.94. The molecule has 3 rings (SSSR count). The molecule has 1 heterocycles. The Hall–Kier alpha value is -3.61. The Balaban J connectivity index is 1.67. The van der Waals surface area contributed by atoms with E-state index in [0.29, 0.717) is 23.9 Å². The molecule has 0 spiro atoms. The summed E-state index contributed by atoms with van der Waals surface area (Å²) in [5.74, 6) is 0.860. The zero-order valence-electron chi connectivity index (χ0n) is 16.4. The Morgan fingerprint density at radius 3 is 2.69 bits per heavy atom. The minimum atomic E-state index is -0.490. The summed E-state index contributed by atoms with van der Waals surface area (Å²) < 4.78 is 30.0. The normalized spacial score (nSPS) is 10.9. The molecule has 0 atom stereocenters. The quantitative estimate of drug-likeness (QED) is 0.588. The van der Waals surface area contributed by atoms with E-state index in [1.165, 1.54) is 25.3 Å². The standard InChI is InChI=1S/C22H21FN2O4/c1-14-17(15(2)29-25-14)13-28-20-10-8-16(12-21(20)27-3)9-11-22(26)24-19-7-5-4-6-18(19)23/h4-12H,13H2,1-3H3,(H,24,26). The largest absolute Gasteiger partial charge is 0.493 e. The van der Waals surface area contributed by atoms with E-state index in [0.717, 1.165) is 16.8 Å². The van der Waals surface area contributed by atoms with Crippen LogP contribution in [0.1, 0.15) is 22.6 Å². The molecule has 0 radical (unpaired) electrons. The fraction of sp³-hybridized carbons (Fsp3) is 0.182. The second-order valence-electron chi connectivity index (χ2n) is 6.30. The van der Waals surface area contributed by atoms with Gasteiger partial charge in [-0.2, -0.15) is 0 Å². The molecule has 0 unspecified atom stereocenters. The zero-order valence-corrected chi connectivity index (χ0v) is 16.4. The van der Waals surface area contributed by atoms with Crippen molar-refractivity contribution in [2.45, 2.75) is 20.5 Å². The minimum Gasteiger partial charge on any atom is -0.493 e. The fourth-order valence-electron chi connectivity index (χ4n) is 2.67. The molecule has 1 aromatic heterocycles. The number of benzene rings is 2. The van der Waals surface area contributed by atoms with Crippen LogP contribution in [0.2, 0.25) is 0 Å². The van der Waals surface area contributed by atoms with E-state index in [1.807, 2.05) is 13.8 Å². The van der Waals surface area contributed by atoms with Crippen molar-refractivity contribution in [1.29, 1.82) is 0 Å². The highest BCUT2D eigenvalue weighted by molar-refractivity contribution is 6.02. The lowest BCUT2D eigenvalue weighted by Gasteiger charge is -2.11. The van der Waals surface area contributed by atoms with Crippen LogP contribution in [0, 0.1) is 19.7 Å². The van der Waals surface area contributed by atoms with Gasteiger partial charge in [0, 0.05) is 6.08 Å². The van der Waals surface area contributed by atoms with Crippen molar-refractivity contribution >= 4 is 17.7 Å². The van der Waals surface area contributed by atoms with E-state index in [9.17, 15) is 9.18 Å². The second-order valence-corrected chi connectivity index (χ2v) is 6.30. The first-order valence-electron chi connectivity index (χ1n) is 8.94. The number of anilines is 1. The van der Waals surface area contributed by atoms with Gasteiger partial charge in [-0.1, -0.05) is 23.4 Å². The lowest BCUT2D eigenvalue weighted by Crippen LogP contribution is -2.09. The van der Waals surface area contributed by atoms with Gasteiger partial charge in [-0.05, 0) is 49.8 Å². The number of nitrogens with one attached hydrogen (secondary N) is 1. The van der Waals surface area contributed by atoms with E-state index in [-0.39, 0.29) is 5.69 Å². The number of carbonyl (C=O) groups excluding carboxylic acids is 1. The number of rotatable bonds is 7. The number of amides is 1. The van der Waals surface area contributed by atoms with Gasteiger partial charge in [0.15, 0.2) is 11.5 Å². The van der Waals surface area contributed by atoms with Gasteiger partial charge in [0.05, 0.1) is 24.1 Å². The van der Waals surface area contributed by atoms with E-state index in [2.05, 4.69) is 10.5 Å². The fourth-order valence-corrected chi connectivity index (χ4v) is 2.67. The predicted octanol–water partition coefficient (Wildman–Crippen LogP) is 4.67. The number of hydrogen-bond acceptors (Lipinski definition) is 5. The number of aryl methyl sites for hydroxylation is 2. The summed E-state index contributed by atoms with van der Waals surface area (Å²) >= 11 is 0. The van der Waals surface area contributed by atoms with E-state index < -0.39 is 11.7 Å². The predicted molar refractivity (Wildman–Crippen MR) is 107 cm³/mol. The molecule has 0 saturated heterocycles. The van der Waals surface area contributed by atoms with Crippen molar-refractivity contribution < 1.29 is 23.2 Å². The van der Waals surface area contributed by atoms with E-state index in [1.54, 1.807) is 36.4 Å². The first kappa shape index (κ1) is 20.1. The van der Waals surface area contributed by atoms with E-state index >= 15 is 0 Å². The van der Waals surface area contributed by atoms with Crippen LogP contribution < -0.4 is 14.8 Å². The monoisotopic (exact) mass is 396 g/mol. The van der Waals surface area contributed by atoms with Crippen molar-refractivity contribution in [1.82, 2.24) is 5.16 Å². The third-order valence-electron chi connectivity index (χ3n) is 4.30. The lowest BCUT2D eigenvalue weighted by molar-refractivity contribution is -0.111. The Labute approximate surface area is 167 Å². The molecule has 0 saturated carbocycles. The number of aromatic nitrogens is 1. The number of halogens is 1. The molecule has 150 valence electrons. The van der Waals surface area contributed by atoms with Crippen LogP contribution in [0.25, 0.3) is 6.08 Å². The summed E-state index contributed by atoms with van der Waals surface area (Å²) in [6, 6.07) is 11.3. The molecular weight excluding hydrogens is 375 g/mol. The van der Waals surface area contributed by atoms with Gasteiger partial charge in [0.1, 0.15) is 18.2 Å². The number of carbonyl (C=O) groups is 1. The summed E-state index contributed by atoms with van der Waals surface area (Å²) in [5.41, 5.74) is 2.53. The summed E-state index contributed by atoms with van der Waals surface area (Å²) in [4.78, 5) is 12.0. The molecule has 29 heavy (non-hydrogen) atoms. The zero-order chi connectivity index (χ0) is 20.8. The number of ether oxygens (including phenoxy) is 2. The third kappa shape index (κ3) is 5.01. The summed E-state index contributed by atoms with van der Waals surface area (Å²) in [5, 5.41) is 6.40. The van der Waals surface area contributed by atoms with Crippen molar-refractivity contribution in [2.75, 3.05) is 12.4 Å². The lowest BCUT2D eigenvalue weighted by atomic mass is 10.1. The molecule has 0 aliphatic rings. The molecule has 1 N–H and O–H groups in total. The summed E-state index contributed by atoms with van der Waals surface area (Å²) in [6.45, 7) is 3.99. The molecule has 0 aliphatic carbocycles. The van der Waals surface area contributed by atoms with Crippen LogP contribution in [-0.4, -0.2) is 18.2 Å². The van der Waals surface area contributed by atoms with Crippen molar-refractivity contribution in [2.24, 2.45) is 0 Å². The van der Waals surface area contributed by atoms with Crippen LogP contribution in [0.5, 0.6) is 11.5 Å². The molecular formula is C22H21FN2O4. The number of methoxy groups -OCH3 is 1. The maximum absolute atomic E-state index is 13.6. The Bertz CT molecular complexity index is 1020. The van der Waals surface area contributed by atoms with Gasteiger partial charge >= 0.3 is 0 Å². The average Bonchev–Trinajstić information content (AvgIpc) is 3.04. The highest BCUT2D eigenvalue weighted by Crippen LogP contribution is 2.30. The Morgan fingerprint density at radius 2 is 2.00 bits per heavy atom. The SMILES string of the molecule is COc1cc(C=CC(=O)Nc2ccccc2F)ccc1OCc1c(C)noc1C. The van der Waals surface area contributed by atoms with Gasteiger partial charge < -0.3 is 19.3 Å². The van der Waals surface area contributed by atoms with Crippen LogP contribution in [0.3, 0.4) is 0 Å². The van der Waals surface area contributed by atoms with Gasteiger partial charge in [0.2, 0.25) is 5.91 Å². The first-order chi connectivity index (χ1) is 14.0. The van der Waals surface area contributed by atoms with Gasteiger partial charge in [-0.3, -0.25) is 4.79 Å². The number of hydrogen-bond donors (Lipinski definition) is 1.